The first-order valence-corrected chi connectivity index (χ1v) is 8.99. The van der Waals surface area contributed by atoms with Crippen LogP contribution >= 0.6 is 11.3 Å². The number of rotatable bonds is 4. The number of ether oxygens (including phenoxy) is 1. The Labute approximate surface area is 158 Å². The molecule has 0 saturated heterocycles. The van der Waals surface area contributed by atoms with Gasteiger partial charge in [0.2, 0.25) is 11.9 Å². The number of nitrogen functional groups attached to an aromatic ring is 1. The minimum atomic E-state index is -0.179. The minimum Gasteiger partial charge on any atom is -0.497 e. The Kier molecular flexibility index (Phi) is 4.11. The Bertz CT molecular complexity index is 1180. The average molecular weight is 383 g/mol. The van der Waals surface area contributed by atoms with Gasteiger partial charge in [-0.05, 0) is 32.0 Å². The van der Waals surface area contributed by atoms with Crippen LogP contribution in [0.2, 0.25) is 0 Å². The van der Waals surface area contributed by atoms with Crippen molar-refractivity contribution in [3.63, 3.8) is 0 Å². The van der Waals surface area contributed by atoms with Gasteiger partial charge in [0, 0.05) is 17.0 Å². The molecule has 0 bridgehead atoms. The maximum Gasteiger partial charge on any atom is 0.254 e. The molecule has 3 heterocycles. The number of nitrogens with two attached hydrogens (primary N) is 1. The van der Waals surface area contributed by atoms with Gasteiger partial charge in [0.25, 0.3) is 5.78 Å². The zero-order chi connectivity index (χ0) is 19.1. The molecule has 0 aliphatic carbocycles. The Morgan fingerprint density at radius 1 is 1.30 bits per heavy atom. The summed E-state index contributed by atoms with van der Waals surface area (Å²) in [6.45, 7) is 3.70. The first-order valence-electron chi connectivity index (χ1n) is 8.17. The molecule has 0 aliphatic rings. The molecule has 0 saturated carbocycles. The van der Waals surface area contributed by atoms with E-state index >= 15 is 0 Å². The van der Waals surface area contributed by atoms with E-state index in [0.29, 0.717) is 10.9 Å². The number of nitrogens with zero attached hydrogens (tertiary/aromatic N) is 5. The summed E-state index contributed by atoms with van der Waals surface area (Å²) in [4.78, 5) is 25.4. The SMILES string of the molecule is COc1ccc2nc(NC(=O)Cc3c(C)nc4nc(N)nn4c3C)sc2c1. The summed E-state index contributed by atoms with van der Waals surface area (Å²) in [6.07, 6.45) is 0.152. The molecule has 0 aliphatic heterocycles. The molecule has 4 rings (SSSR count). The quantitative estimate of drug-likeness (QED) is 0.554. The first-order chi connectivity index (χ1) is 12.9. The van der Waals surface area contributed by atoms with Gasteiger partial charge in [0.05, 0.1) is 23.7 Å². The molecule has 0 spiro atoms. The summed E-state index contributed by atoms with van der Waals surface area (Å²) >= 11 is 1.40. The Morgan fingerprint density at radius 3 is 2.89 bits per heavy atom. The van der Waals surface area contributed by atoms with Gasteiger partial charge in [0.15, 0.2) is 5.13 Å². The number of thiazole rings is 1. The Morgan fingerprint density at radius 2 is 2.11 bits per heavy atom. The van der Waals surface area contributed by atoms with E-state index in [4.69, 9.17) is 10.5 Å². The number of hydrogen-bond acceptors (Lipinski definition) is 8. The van der Waals surface area contributed by atoms with E-state index in [1.54, 1.807) is 11.6 Å². The number of anilines is 2. The lowest BCUT2D eigenvalue weighted by atomic mass is 10.1. The number of hydrogen-bond donors (Lipinski definition) is 2. The van der Waals surface area contributed by atoms with Crippen molar-refractivity contribution in [2.45, 2.75) is 20.3 Å². The van der Waals surface area contributed by atoms with Crippen LogP contribution in [0.1, 0.15) is 17.0 Å². The molecule has 3 aromatic heterocycles. The number of amides is 1. The maximum absolute atomic E-state index is 12.6. The fraction of sp³-hybridized carbons (Fsp3) is 0.235. The van der Waals surface area contributed by atoms with Crippen molar-refractivity contribution in [2.75, 3.05) is 18.2 Å². The third-order valence-electron chi connectivity index (χ3n) is 4.24. The Hall–Kier alpha value is -3.27. The van der Waals surface area contributed by atoms with Crippen LogP contribution in [0.3, 0.4) is 0 Å². The topological polar surface area (TPSA) is 120 Å². The highest BCUT2D eigenvalue weighted by Gasteiger charge is 2.16. The molecular weight excluding hydrogens is 366 g/mol. The van der Waals surface area contributed by atoms with Crippen molar-refractivity contribution in [3.8, 4) is 5.75 Å². The van der Waals surface area contributed by atoms with Crippen LogP contribution in [0.4, 0.5) is 11.1 Å². The van der Waals surface area contributed by atoms with Crippen LogP contribution in [0, 0.1) is 13.8 Å². The molecule has 138 valence electrons. The van der Waals surface area contributed by atoms with E-state index in [1.807, 2.05) is 32.0 Å². The molecule has 9 nitrogen and oxygen atoms in total. The van der Waals surface area contributed by atoms with E-state index < -0.39 is 0 Å². The smallest absolute Gasteiger partial charge is 0.254 e. The van der Waals surface area contributed by atoms with E-state index in [-0.39, 0.29) is 18.3 Å². The molecule has 0 fully saturated rings. The van der Waals surface area contributed by atoms with Crippen molar-refractivity contribution in [3.05, 3.63) is 35.2 Å². The van der Waals surface area contributed by atoms with Crippen LogP contribution in [0.5, 0.6) is 5.75 Å². The van der Waals surface area contributed by atoms with Crippen molar-refractivity contribution < 1.29 is 9.53 Å². The lowest BCUT2D eigenvalue weighted by Gasteiger charge is -2.09. The zero-order valence-electron chi connectivity index (χ0n) is 15.0. The van der Waals surface area contributed by atoms with Gasteiger partial charge in [-0.3, -0.25) is 4.79 Å². The van der Waals surface area contributed by atoms with Crippen LogP contribution < -0.4 is 15.8 Å². The molecule has 1 amide bonds. The number of carbonyl (C=O) groups excluding carboxylic acids is 1. The van der Waals surface area contributed by atoms with Gasteiger partial charge in [-0.25, -0.2) is 9.97 Å². The van der Waals surface area contributed by atoms with Crippen LogP contribution in [0.15, 0.2) is 18.2 Å². The largest absolute Gasteiger partial charge is 0.497 e. The lowest BCUT2D eigenvalue weighted by Crippen LogP contribution is -2.17. The molecule has 0 unspecified atom stereocenters. The summed E-state index contributed by atoms with van der Waals surface area (Å²) in [5, 5.41) is 7.51. The molecule has 3 N–H and O–H groups in total. The number of nitrogens with one attached hydrogen (secondary N) is 1. The summed E-state index contributed by atoms with van der Waals surface area (Å²) in [7, 11) is 1.61. The molecule has 1 aromatic carbocycles. The molecule has 27 heavy (non-hydrogen) atoms. The third-order valence-corrected chi connectivity index (χ3v) is 5.18. The number of methoxy groups -OCH3 is 1. The predicted molar refractivity (Wildman–Crippen MR) is 103 cm³/mol. The average Bonchev–Trinajstić information content (AvgIpc) is 3.19. The summed E-state index contributed by atoms with van der Waals surface area (Å²) < 4.78 is 7.71. The maximum atomic E-state index is 12.6. The minimum absolute atomic E-state index is 0.150. The number of benzene rings is 1. The van der Waals surface area contributed by atoms with E-state index in [2.05, 4.69) is 25.4 Å². The van der Waals surface area contributed by atoms with Gasteiger partial charge < -0.3 is 15.8 Å². The van der Waals surface area contributed by atoms with E-state index in [9.17, 15) is 4.79 Å². The fourth-order valence-electron chi connectivity index (χ4n) is 2.89. The summed E-state index contributed by atoms with van der Waals surface area (Å²) in [6, 6.07) is 5.59. The van der Waals surface area contributed by atoms with E-state index in [0.717, 1.165) is 32.9 Å². The van der Waals surface area contributed by atoms with Gasteiger partial charge in [-0.15, -0.1) is 5.10 Å². The van der Waals surface area contributed by atoms with Gasteiger partial charge in [0.1, 0.15) is 5.75 Å². The number of carbonyl (C=O) groups is 1. The predicted octanol–water partition coefficient (Wildman–Crippen LogP) is 2.12. The van der Waals surface area contributed by atoms with Gasteiger partial charge in [-0.1, -0.05) is 11.3 Å². The highest BCUT2D eigenvalue weighted by molar-refractivity contribution is 7.22. The standard InChI is InChI=1S/C17H17N7O2S/c1-8-11(9(2)24-16(19-8)22-15(18)23-24)7-14(25)21-17-20-12-5-4-10(26-3)6-13(12)27-17/h4-6H,7H2,1-3H3,(H2,18,23)(H,20,21,25). The molecular formula is C17H17N7O2S. The second-order valence-electron chi connectivity index (χ2n) is 6.02. The number of aryl methyl sites for hydroxylation is 2. The Balaban J connectivity index is 1.58. The summed E-state index contributed by atoms with van der Waals surface area (Å²) in [5.74, 6) is 1.14. The highest BCUT2D eigenvalue weighted by atomic mass is 32.1. The van der Waals surface area contributed by atoms with Crippen LogP contribution in [-0.4, -0.2) is 37.6 Å². The van der Waals surface area contributed by atoms with E-state index in [1.165, 1.54) is 11.3 Å². The zero-order valence-corrected chi connectivity index (χ0v) is 15.8. The van der Waals surface area contributed by atoms with Crippen LogP contribution in [-0.2, 0) is 11.2 Å². The van der Waals surface area contributed by atoms with Crippen molar-refractivity contribution in [2.24, 2.45) is 0 Å². The molecule has 4 aromatic rings. The molecule has 10 heteroatoms. The molecule has 0 atom stereocenters. The van der Waals surface area contributed by atoms with Gasteiger partial charge in [-0.2, -0.15) is 9.50 Å². The monoisotopic (exact) mass is 383 g/mol. The normalized spacial score (nSPS) is 11.2. The van der Waals surface area contributed by atoms with Crippen molar-refractivity contribution in [1.82, 2.24) is 24.6 Å². The van der Waals surface area contributed by atoms with Crippen LogP contribution in [0.25, 0.3) is 16.0 Å². The van der Waals surface area contributed by atoms with Crippen molar-refractivity contribution >= 4 is 44.3 Å². The van der Waals surface area contributed by atoms with Gasteiger partial charge >= 0.3 is 0 Å². The fourth-order valence-corrected chi connectivity index (χ4v) is 3.80. The van der Waals surface area contributed by atoms with Crippen molar-refractivity contribution in [1.29, 1.82) is 0 Å². The second-order valence-corrected chi connectivity index (χ2v) is 7.05. The number of fused-ring (bicyclic) bond motifs is 2. The second kappa shape index (κ2) is 6.47. The summed E-state index contributed by atoms with van der Waals surface area (Å²) in [5.41, 5.74) is 8.74. The lowest BCUT2D eigenvalue weighted by molar-refractivity contribution is -0.115. The highest BCUT2D eigenvalue weighted by Crippen LogP contribution is 2.29. The first kappa shape index (κ1) is 17.2. The third kappa shape index (κ3) is 3.14. The molecule has 0 radical (unpaired) electrons. The number of aromatic nitrogens is 5.